The van der Waals surface area contributed by atoms with E-state index in [1.165, 1.54) is 0 Å². The van der Waals surface area contributed by atoms with Crippen LogP contribution in [0.1, 0.15) is 23.0 Å². The zero-order valence-corrected chi connectivity index (χ0v) is 7.97. The standard InChI is InChI=1S/C9H6F6O2/c10-8(11,12)4-2-1-3-5(9(13,14)15)6(4)7(16)17/h1-3,7,16-17H. The third kappa shape index (κ3) is 2.89. The molecule has 1 rings (SSSR count). The summed E-state index contributed by atoms with van der Waals surface area (Å²) in [6, 6.07) is 1.26. The first-order chi connectivity index (χ1) is 7.55. The number of hydrogen-bond donors (Lipinski definition) is 2. The Morgan fingerprint density at radius 3 is 1.41 bits per heavy atom. The molecule has 2 N–H and O–H groups in total. The van der Waals surface area contributed by atoms with Crippen molar-refractivity contribution >= 4 is 0 Å². The molecule has 0 amide bonds. The first-order valence-electron chi connectivity index (χ1n) is 4.18. The molecule has 96 valence electrons. The maximum atomic E-state index is 12.4. The molecule has 0 bridgehead atoms. The SMILES string of the molecule is OC(O)c1c(C(F)(F)F)cccc1C(F)(F)F. The Bertz CT molecular complexity index is 375. The van der Waals surface area contributed by atoms with Crippen LogP contribution >= 0.6 is 0 Å². The number of benzene rings is 1. The lowest BCUT2D eigenvalue weighted by atomic mass is 9.99. The van der Waals surface area contributed by atoms with E-state index in [2.05, 4.69) is 0 Å². The topological polar surface area (TPSA) is 40.5 Å². The number of halogens is 6. The van der Waals surface area contributed by atoms with Crippen molar-refractivity contribution in [3.63, 3.8) is 0 Å². The molecule has 17 heavy (non-hydrogen) atoms. The predicted octanol–water partition coefficient (Wildman–Crippen LogP) is 2.71. The van der Waals surface area contributed by atoms with E-state index in [1.807, 2.05) is 0 Å². The minimum Gasteiger partial charge on any atom is -0.364 e. The van der Waals surface area contributed by atoms with E-state index in [1.54, 1.807) is 0 Å². The summed E-state index contributed by atoms with van der Waals surface area (Å²) in [7, 11) is 0. The molecule has 0 aliphatic heterocycles. The van der Waals surface area contributed by atoms with Crippen molar-refractivity contribution in [2.75, 3.05) is 0 Å². The van der Waals surface area contributed by atoms with Gasteiger partial charge in [-0.2, -0.15) is 26.3 Å². The van der Waals surface area contributed by atoms with Crippen LogP contribution in [0.25, 0.3) is 0 Å². The summed E-state index contributed by atoms with van der Waals surface area (Å²) in [6.07, 6.45) is -13.1. The Labute approximate surface area is 91.1 Å². The Morgan fingerprint density at radius 2 is 1.18 bits per heavy atom. The molecule has 0 aromatic heterocycles. The third-order valence-corrected chi connectivity index (χ3v) is 1.98. The third-order valence-electron chi connectivity index (χ3n) is 1.98. The second kappa shape index (κ2) is 4.19. The Balaban J connectivity index is 3.55. The fraction of sp³-hybridized carbons (Fsp3) is 0.333. The maximum Gasteiger partial charge on any atom is 0.416 e. The Hall–Kier alpha value is -1.28. The van der Waals surface area contributed by atoms with E-state index in [0.717, 1.165) is 0 Å². The molecule has 0 aliphatic rings. The summed E-state index contributed by atoms with van der Waals surface area (Å²) in [6.45, 7) is 0. The van der Waals surface area contributed by atoms with Crippen molar-refractivity contribution in [2.24, 2.45) is 0 Å². The quantitative estimate of drug-likeness (QED) is 0.602. The van der Waals surface area contributed by atoms with Gasteiger partial charge in [-0.3, -0.25) is 0 Å². The number of aliphatic hydroxyl groups is 2. The van der Waals surface area contributed by atoms with E-state index in [-0.39, 0.29) is 0 Å². The Morgan fingerprint density at radius 1 is 0.824 bits per heavy atom. The molecule has 1 aromatic rings. The van der Waals surface area contributed by atoms with E-state index >= 15 is 0 Å². The van der Waals surface area contributed by atoms with Gasteiger partial charge >= 0.3 is 12.4 Å². The molecular weight excluding hydrogens is 254 g/mol. The van der Waals surface area contributed by atoms with Gasteiger partial charge in [-0.15, -0.1) is 0 Å². The lowest BCUT2D eigenvalue weighted by Crippen LogP contribution is -2.18. The van der Waals surface area contributed by atoms with Gasteiger partial charge in [0.25, 0.3) is 0 Å². The van der Waals surface area contributed by atoms with Gasteiger partial charge in [-0.25, -0.2) is 0 Å². The number of rotatable bonds is 1. The van der Waals surface area contributed by atoms with Gasteiger partial charge in [0.05, 0.1) is 11.1 Å². The van der Waals surface area contributed by atoms with Crippen LogP contribution in [0, 0.1) is 0 Å². The van der Waals surface area contributed by atoms with Gasteiger partial charge in [0.2, 0.25) is 0 Å². The highest BCUT2D eigenvalue weighted by molar-refractivity contribution is 5.39. The predicted molar refractivity (Wildman–Crippen MR) is 43.6 cm³/mol. The van der Waals surface area contributed by atoms with E-state index in [4.69, 9.17) is 10.2 Å². The van der Waals surface area contributed by atoms with Crippen molar-refractivity contribution in [3.05, 3.63) is 34.9 Å². The zero-order chi connectivity index (χ0) is 13.4. The molecule has 0 fully saturated rings. The van der Waals surface area contributed by atoms with Crippen LogP contribution in [0.15, 0.2) is 18.2 Å². The molecule has 0 radical (unpaired) electrons. The minimum atomic E-state index is -5.10. The van der Waals surface area contributed by atoms with Crippen LogP contribution in [0.5, 0.6) is 0 Å². The maximum absolute atomic E-state index is 12.4. The van der Waals surface area contributed by atoms with E-state index < -0.39 is 35.3 Å². The van der Waals surface area contributed by atoms with Crippen LogP contribution < -0.4 is 0 Å². The molecule has 0 spiro atoms. The summed E-state index contributed by atoms with van der Waals surface area (Å²) < 4.78 is 74.3. The highest BCUT2D eigenvalue weighted by Gasteiger charge is 2.42. The van der Waals surface area contributed by atoms with Gasteiger partial charge in [0.15, 0.2) is 6.29 Å². The molecule has 2 nitrogen and oxygen atoms in total. The number of alkyl halides is 6. The normalized spacial score (nSPS) is 13.2. The van der Waals surface area contributed by atoms with Gasteiger partial charge in [0, 0.05) is 5.56 Å². The van der Waals surface area contributed by atoms with E-state index in [9.17, 15) is 26.3 Å². The van der Waals surface area contributed by atoms with Crippen molar-refractivity contribution < 1.29 is 36.6 Å². The summed E-state index contributed by atoms with van der Waals surface area (Å²) in [5.74, 6) is 0. The molecule has 0 unspecified atom stereocenters. The average Bonchev–Trinajstić information content (AvgIpc) is 2.13. The molecule has 0 aliphatic carbocycles. The van der Waals surface area contributed by atoms with Gasteiger partial charge in [-0.1, -0.05) is 6.07 Å². The van der Waals surface area contributed by atoms with Crippen LogP contribution in [0.4, 0.5) is 26.3 Å². The second-order valence-corrected chi connectivity index (χ2v) is 3.14. The van der Waals surface area contributed by atoms with Gasteiger partial charge in [0.1, 0.15) is 0 Å². The highest BCUT2D eigenvalue weighted by atomic mass is 19.4. The van der Waals surface area contributed by atoms with Crippen molar-refractivity contribution in [1.29, 1.82) is 0 Å². The van der Waals surface area contributed by atoms with Crippen molar-refractivity contribution in [1.82, 2.24) is 0 Å². The van der Waals surface area contributed by atoms with Crippen molar-refractivity contribution in [3.8, 4) is 0 Å². The Kier molecular flexibility index (Phi) is 3.40. The lowest BCUT2D eigenvalue weighted by Gasteiger charge is -2.19. The molecule has 0 heterocycles. The zero-order valence-electron chi connectivity index (χ0n) is 7.97. The molecule has 0 saturated heterocycles. The van der Waals surface area contributed by atoms with Crippen LogP contribution in [0.2, 0.25) is 0 Å². The van der Waals surface area contributed by atoms with Crippen molar-refractivity contribution in [2.45, 2.75) is 18.6 Å². The minimum absolute atomic E-state index is 0.351. The first kappa shape index (κ1) is 13.8. The first-order valence-corrected chi connectivity index (χ1v) is 4.18. The molecule has 1 aromatic carbocycles. The molecule has 0 atom stereocenters. The second-order valence-electron chi connectivity index (χ2n) is 3.14. The summed E-state index contributed by atoms with van der Waals surface area (Å²) in [5.41, 5.74) is -5.03. The van der Waals surface area contributed by atoms with Gasteiger partial charge in [-0.05, 0) is 12.1 Å². The molecular formula is C9H6F6O2. The fourth-order valence-electron chi connectivity index (χ4n) is 1.34. The van der Waals surface area contributed by atoms with Crippen LogP contribution in [-0.4, -0.2) is 10.2 Å². The molecule has 8 heteroatoms. The van der Waals surface area contributed by atoms with Crippen LogP contribution in [-0.2, 0) is 12.4 Å². The highest BCUT2D eigenvalue weighted by Crippen LogP contribution is 2.41. The van der Waals surface area contributed by atoms with E-state index in [0.29, 0.717) is 18.2 Å². The summed E-state index contributed by atoms with van der Waals surface area (Å²) >= 11 is 0. The number of aliphatic hydroxyl groups excluding tert-OH is 1. The molecule has 0 saturated carbocycles. The fourth-order valence-corrected chi connectivity index (χ4v) is 1.34. The summed E-state index contributed by atoms with van der Waals surface area (Å²) in [5, 5.41) is 17.3. The van der Waals surface area contributed by atoms with Crippen LogP contribution in [0.3, 0.4) is 0 Å². The average molecular weight is 260 g/mol. The monoisotopic (exact) mass is 260 g/mol. The smallest absolute Gasteiger partial charge is 0.364 e. The number of hydrogen-bond acceptors (Lipinski definition) is 2. The summed E-state index contributed by atoms with van der Waals surface area (Å²) in [4.78, 5) is 0. The largest absolute Gasteiger partial charge is 0.416 e. The lowest BCUT2D eigenvalue weighted by molar-refractivity contribution is -0.152. The van der Waals surface area contributed by atoms with Gasteiger partial charge < -0.3 is 10.2 Å².